The number of fused-ring (bicyclic) bond motifs is 1. The molecule has 2 heterocycles. The number of H-pyrrole nitrogens is 2. The van der Waals surface area contributed by atoms with Crippen LogP contribution >= 0.6 is 0 Å². The number of rotatable bonds is 4. The summed E-state index contributed by atoms with van der Waals surface area (Å²) in [6.45, 7) is 1.92. The lowest BCUT2D eigenvalue weighted by Crippen LogP contribution is -2.11. The lowest BCUT2D eigenvalue weighted by atomic mass is 9.98. The van der Waals surface area contributed by atoms with Crippen molar-refractivity contribution in [3.8, 4) is 11.1 Å². The second-order valence-corrected chi connectivity index (χ2v) is 6.03. The first kappa shape index (κ1) is 16.0. The minimum atomic E-state index is -0.335. The van der Waals surface area contributed by atoms with Crippen LogP contribution in [0.2, 0.25) is 0 Å². The number of aromatic nitrogens is 3. The number of hydrogen-bond acceptors (Lipinski definition) is 3. The second kappa shape index (κ2) is 6.44. The van der Waals surface area contributed by atoms with Crippen LogP contribution in [0.1, 0.15) is 28.8 Å². The molecule has 0 amide bonds. The quantitative estimate of drug-likeness (QED) is 0.554. The number of nitrogens with zero attached hydrogens (tertiary/aromatic N) is 1. The molecule has 4 aromatic rings. The van der Waals surface area contributed by atoms with Crippen molar-refractivity contribution in [2.45, 2.75) is 13.3 Å². The molecular weight excluding hydrogens is 326 g/mol. The Balaban J connectivity index is 2.05. The second-order valence-electron chi connectivity index (χ2n) is 6.03. The fraction of sp³-hybridized carbons (Fsp3) is 0.0952. The normalized spacial score (nSPS) is 11.0. The molecule has 0 spiro atoms. The van der Waals surface area contributed by atoms with E-state index in [1.54, 1.807) is 12.1 Å². The Morgan fingerprint density at radius 3 is 2.27 bits per heavy atom. The van der Waals surface area contributed by atoms with Crippen LogP contribution in [-0.2, 0) is 6.42 Å². The van der Waals surface area contributed by atoms with E-state index >= 15 is 0 Å². The number of aromatic amines is 2. The van der Waals surface area contributed by atoms with Crippen molar-refractivity contribution in [3.05, 3.63) is 88.1 Å². The molecule has 0 bridgehead atoms. The maximum atomic E-state index is 13.1. The number of ketones is 1. The fourth-order valence-electron chi connectivity index (χ4n) is 3.12. The molecule has 4 rings (SSSR count). The summed E-state index contributed by atoms with van der Waals surface area (Å²) in [7, 11) is 0. The summed E-state index contributed by atoms with van der Waals surface area (Å²) < 4.78 is 0. The molecule has 0 radical (unpaired) electrons. The van der Waals surface area contributed by atoms with Gasteiger partial charge >= 0.3 is 0 Å². The Hall–Kier alpha value is -3.47. The summed E-state index contributed by atoms with van der Waals surface area (Å²) in [5.74, 6) is 0.425. The SMILES string of the molecule is CCc1nc(=O)c2c(-c3ccccc3)c(C(=O)c3ccccc3)[nH]c2[nH]1. The highest BCUT2D eigenvalue weighted by molar-refractivity contribution is 6.16. The monoisotopic (exact) mass is 343 g/mol. The third-order valence-corrected chi connectivity index (χ3v) is 4.38. The van der Waals surface area contributed by atoms with Gasteiger partial charge in [-0.1, -0.05) is 67.6 Å². The highest BCUT2D eigenvalue weighted by atomic mass is 16.1. The Bertz CT molecular complexity index is 1140. The van der Waals surface area contributed by atoms with Crippen LogP contribution in [-0.4, -0.2) is 20.7 Å². The van der Waals surface area contributed by atoms with Crippen LogP contribution in [0.15, 0.2) is 65.5 Å². The molecule has 2 N–H and O–H groups in total. The smallest absolute Gasteiger partial charge is 0.283 e. The van der Waals surface area contributed by atoms with Crippen LogP contribution in [0.5, 0.6) is 0 Å². The Kier molecular flexibility index (Phi) is 3.97. The zero-order valence-electron chi connectivity index (χ0n) is 14.2. The van der Waals surface area contributed by atoms with Gasteiger partial charge < -0.3 is 9.97 Å². The Morgan fingerprint density at radius 1 is 0.962 bits per heavy atom. The van der Waals surface area contributed by atoms with Crippen molar-refractivity contribution < 1.29 is 4.79 Å². The summed E-state index contributed by atoms with van der Waals surface area (Å²) in [5.41, 5.74) is 2.53. The maximum Gasteiger partial charge on any atom is 0.283 e. The van der Waals surface area contributed by atoms with Crippen LogP contribution < -0.4 is 5.56 Å². The number of carbonyl (C=O) groups is 1. The van der Waals surface area contributed by atoms with Gasteiger partial charge in [0.2, 0.25) is 5.78 Å². The van der Waals surface area contributed by atoms with Gasteiger partial charge in [-0.2, -0.15) is 4.98 Å². The van der Waals surface area contributed by atoms with Crippen LogP contribution in [0.4, 0.5) is 0 Å². The topological polar surface area (TPSA) is 78.6 Å². The molecule has 128 valence electrons. The summed E-state index contributed by atoms with van der Waals surface area (Å²) in [4.78, 5) is 36.1. The van der Waals surface area contributed by atoms with E-state index in [1.807, 2.05) is 55.5 Å². The van der Waals surface area contributed by atoms with Crippen LogP contribution in [0.3, 0.4) is 0 Å². The van der Waals surface area contributed by atoms with Gasteiger partial charge in [0.05, 0.1) is 11.1 Å². The van der Waals surface area contributed by atoms with E-state index in [0.29, 0.717) is 40.1 Å². The Morgan fingerprint density at radius 2 is 1.62 bits per heavy atom. The van der Waals surface area contributed by atoms with E-state index in [0.717, 1.165) is 5.56 Å². The van der Waals surface area contributed by atoms with E-state index in [1.165, 1.54) is 0 Å². The molecule has 2 aromatic heterocycles. The molecule has 0 aliphatic rings. The van der Waals surface area contributed by atoms with Gasteiger partial charge in [0.25, 0.3) is 5.56 Å². The molecule has 0 aliphatic heterocycles. The van der Waals surface area contributed by atoms with Gasteiger partial charge in [-0.15, -0.1) is 0 Å². The molecule has 0 saturated heterocycles. The van der Waals surface area contributed by atoms with E-state index < -0.39 is 0 Å². The number of hydrogen-bond donors (Lipinski definition) is 2. The zero-order valence-corrected chi connectivity index (χ0v) is 14.2. The fourth-order valence-corrected chi connectivity index (χ4v) is 3.12. The van der Waals surface area contributed by atoms with Crippen molar-refractivity contribution in [2.24, 2.45) is 0 Å². The van der Waals surface area contributed by atoms with Gasteiger partial charge in [-0.3, -0.25) is 9.59 Å². The van der Waals surface area contributed by atoms with Crippen molar-refractivity contribution in [1.82, 2.24) is 15.0 Å². The van der Waals surface area contributed by atoms with E-state index in [-0.39, 0.29) is 11.3 Å². The van der Waals surface area contributed by atoms with Crippen LogP contribution in [0, 0.1) is 0 Å². The maximum absolute atomic E-state index is 13.1. The molecular formula is C21H17N3O2. The molecule has 0 fully saturated rings. The minimum absolute atomic E-state index is 0.161. The predicted octanol–water partition coefficient (Wildman–Crippen LogP) is 3.71. The molecule has 0 saturated carbocycles. The molecule has 0 atom stereocenters. The lowest BCUT2D eigenvalue weighted by molar-refractivity contribution is 0.103. The molecule has 0 unspecified atom stereocenters. The lowest BCUT2D eigenvalue weighted by Gasteiger charge is -2.04. The van der Waals surface area contributed by atoms with Crippen molar-refractivity contribution in [1.29, 1.82) is 0 Å². The molecule has 5 nitrogen and oxygen atoms in total. The minimum Gasteiger partial charge on any atom is -0.337 e. The van der Waals surface area contributed by atoms with Gasteiger partial charge in [0.1, 0.15) is 11.5 Å². The van der Waals surface area contributed by atoms with E-state index in [4.69, 9.17) is 0 Å². The van der Waals surface area contributed by atoms with Gasteiger partial charge in [-0.05, 0) is 5.56 Å². The zero-order chi connectivity index (χ0) is 18.1. The first-order valence-electron chi connectivity index (χ1n) is 8.49. The highest BCUT2D eigenvalue weighted by Crippen LogP contribution is 2.31. The average Bonchev–Trinajstić information content (AvgIpc) is 3.08. The molecule has 0 aliphatic carbocycles. The summed E-state index contributed by atoms with van der Waals surface area (Å²) >= 11 is 0. The third-order valence-electron chi connectivity index (χ3n) is 4.38. The van der Waals surface area contributed by atoms with Gasteiger partial charge in [0, 0.05) is 17.5 Å². The first-order valence-corrected chi connectivity index (χ1v) is 8.49. The Labute approximate surface area is 149 Å². The number of carbonyl (C=O) groups excluding carboxylic acids is 1. The largest absolute Gasteiger partial charge is 0.337 e. The number of nitrogens with one attached hydrogen (secondary N) is 2. The summed E-state index contributed by atoms with van der Waals surface area (Å²) in [6, 6.07) is 18.5. The van der Waals surface area contributed by atoms with E-state index in [2.05, 4.69) is 15.0 Å². The molecule has 26 heavy (non-hydrogen) atoms. The highest BCUT2D eigenvalue weighted by Gasteiger charge is 2.23. The van der Waals surface area contributed by atoms with Gasteiger partial charge in [0.15, 0.2) is 0 Å². The average molecular weight is 343 g/mol. The molecule has 2 aromatic carbocycles. The predicted molar refractivity (Wildman–Crippen MR) is 101 cm³/mol. The molecule has 5 heteroatoms. The van der Waals surface area contributed by atoms with Crippen LogP contribution in [0.25, 0.3) is 22.2 Å². The summed E-state index contributed by atoms with van der Waals surface area (Å²) in [5, 5.41) is 0.410. The standard InChI is InChI=1S/C21H17N3O2/c1-2-15-22-20-17(21(26)23-15)16(13-9-5-3-6-10-13)18(24-20)19(25)14-11-7-4-8-12-14/h3-12H,2H2,1H3,(H2,22,23,24,26). The van der Waals surface area contributed by atoms with E-state index in [9.17, 15) is 9.59 Å². The first-order chi connectivity index (χ1) is 12.7. The number of aryl methyl sites for hydroxylation is 1. The summed E-state index contributed by atoms with van der Waals surface area (Å²) in [6.07, 6.45) is 0.604. The number of benzene rings is 2. The third kappa shape index (κ3) is 2.63. The van der Waals surface area contributed by atoms with Gasteiger partial charge in [-0.25, -0.2) is 0 Å². The van der Waals surface area contributed by atoms with Crippen molar-refractivity contribution in [3.63, 3.8) is 0 Å². The van der Waals surface area contributed by atoms with Crippen molar-refractivity contribution >= 4 is 16.8 Å². The van der Waals surface area contributed by atoms with Crippen molar-refractivity contribution in [2.75, 3.05) is 0 Å².